The molecule has 0 fully saturated rings. The SMILES string of the molecule is CC(=O)N(C)[C@@H]1CCCc2c(F)cccc21. The van der Waals surface area contributed by atoms with Crippen LogP contribution in [0.5, 0.6) is 0 Å². The maximum atomic E-state index is 13.6. The maximum absolute atomic E-state index is 13.6. The molecule has 0 heterocycles. The topological polar surface area (TPSA) is 20.3 Å². The number of carbonyl (C=O) groups excluding carboxylic acids is 1. The van der Waals surface area contributed by atoms with Crippen LogP contribution in [0.15, 0.2) is 18.2 Å². The Morgan fingerprint density at radius 2 is 2.25 bits per heavy atom. The highest BCUT2D eigenvalue weighted by Crippen LogP contribution is 2.34. The molecule has 0 aromatic heterocycles. The standard InChI is InChI=1S/C13H16FNO/c1-9(16)15(2)13-8-4-5-10-11(13)6-3-7-12(10)14/h3,6-7,13H,4-5,8H2,1-2H3/t13-/m1/s1. The predicted molar refractivity (Wildman–Crippen MR) is 60.5 cm³/mol. The quantitative estimate of drug-likeness (QED) is 0.714. The van der Waals surface area contributed by atoms with Crippen LogP contribution in [0.2, 0.25) is 0 Å². The minimum absolute atomic E-state index is 0.0297. The molecule has 1 aliphatic carbocycles. The van der Waals surface area contributed by atoms with Crippen molar-refractivity contribution >= 4 is 5.91 Å². The van der Waals surface area contributed by atoms with E-state index in [0.717, 1.165) is 30.4 Å². The summed E-state index contributed by atoms with van der Waals surface area (Å²) in [5.41, 5.74) is 1.76. The van der Waals surface area contributed by atoms with E-state index in [1.54, 1.807) is 24.9 Å². The Bertz CT molecular complexity index is 416. The minimum atomic E-state index is -0.140. The van der Waals surface area contributed by atoms with Crippen LogP contribution >= 0.6 is 0 Å². The highest BCUT2D eigenvalue weighted by atomic mass is 19.1. The second kappa shape index (κ2) is 4.24. The molecule has 0 radical (unpaired) electrons. The lowest BCUT2D eigenvalue weighted by molar-refractivity contribution is -0.130. The Hall–Kier alpha value is -1.38. The summed E-state index contributed by atoms with van der Waals surface area (Å²) in [4.78, 5) is 13.1. The summed E-state index contributed by atoms with van der Waals surface area (Å²) in [6, 6.07) is 5.19. The van der Waals surface area contributed by atoms with E-state index in [4.69, 9.17) is 0 Å². The summed E-state index contributed by atoms with van der Waals surface area (Å²) in [5, 5.41) is 0. The van der Waals surface area contributed by atoms with Gasteiger partial charge in [-0.05, 0) is 36.5 Å². The van der Waals surface area contributed by atoms with Crippen molar-refractivity contribution in [3.63, 3.8) is 0 Å². The van der Waals surface area contributed by atoms with Gasteiger partial charge in [0.1, 0.15) is 5.82 Å². The van der Waals surface area contributed by atoms with Gasteiger partial charge in [0.15, 0.2) is 0 Å². The van der Waals surface area contributed by atoms with Crippen molar-refractivity contribution in [2.45, 2.75) is 32.2 Å². The van der Waals surface area contributed by atoms with Gasteiger partial charge in [-0.25, -0.2) is 4.39 Å². The number of nitrogens with zero attached hydrogens (tertiary/aromatic N) is 1. The van der Waals surface area contributed by atoms with Crippen molar-refractivity contribution in [3.05, 3.63) is 35.1 Å². The first-order chi connectivity index (χ1) is 7.61. The Kier molecular flexibility index (Phi) is 2.95. The molecule has 1 amide bonds. The second-order valence-electron chi connectivity index (χ2n) is 4.35. The Morgan fingerprint density at radius 3 is 2.94 bits per heavy atom. The Balaban J connectivity index is 2.40. The third-order valence-electron chi connectivity index (χ3n) is 3.38. The fraction of sp³-hybridized carbons (Fsp3) is 0.462. The summed E-state index contributed by atoms with van der Waals surface area (Å²) in [6.07, 6.45) is 2.65. The molecule has 1 aromatic rings. The number of benzene rings is 1. The highest BCUT2D eigenvalue weighted by molar-refractivity contribution is 5.73. The van der Waals surface area contributed by atoms with Gasteiger partial charge >= 0.3 is 0 Å². The molecule has 3 heteroatoms. The second-order valence-corrected chi connectivity index (χ2v) is 4.35. The molecule has 1 atom stereocenters. The zero-order chi connectivity index (χ0) is 11.7. The lowest BCUT2D eigenvalue weighted by Crippen LogP contribution is -2.31. The first kappa shape index (κ1) is 11.1. The van der Waals surface area contributed by atoms with Crippen molar-refractivity contribution in [1.29, 1.82) is 0 Å². The molecule has 0 aliphatic heterocycles. The number of carbonyl (C=O) groups is 1. The summed E-state index contributed by atoms with van der Waals surface area (Å²) < 4.78 is 13.6. The van der Waals surface area contributed by atoms with Crippen LogP contribution in [0.25, 0.3) is 0 Å². The summed E-state index contributed by atoms with van der Waals surface area (Å²) in [5.74, 6) is -0.110. The van der Waals surface area contributed by atoms with E-state index in [1.807, 2.05) is 6.07 Å². The van der Waals surface area contributed by atoms with E-state index < -0.39 is 0 Å². The summed E-state index contributed by atoms with van der Waals surface area (Å²) in [6.45, 7) is 1.55. The highest BCUT2D eigenvalue weighted by Gasteiger charge is 2.26. The molecule has 2 nitrogen and oxygen atoms in total. The molecule has 16 heavy (non-hydrogen) atoms. The zero-order valence-corrected chi connectivity index (χ0v) is 9.66. The molecule has 0 spiro atoms. The van der Waals surface area contributed by atoms with Crippen LogP contribution in [0.4, 0.5) is 4.39 Å². The van der Waals surface area contributed by atoms with Crippen LogP contribution in [0, 0.1) is 5.82 Å². The molecule has 86 valence electrons. The third-order valence-corrected chi connectivity index (χ3v) is 3.38. The number of fused-ring (bicyclic) bond motifs is 1. The number of amides is 1. The number of rotatable bonds is 1. The fourth-order valence-electron chi connectivity index (χ4n) is 2.40. The molecule has 0 saturated carbocycles. The first-order valence-electron chi connectivity index (χ1n) is 5.62. The summed E-state index contributed by atoms with van der Waals surface area (Å²) in [7, 11) is 1.78. The average Bonchev–Trinajstić information content (AvgIpc) is 2.28. The molecule has 1 aliphatic rings. The lowest BCUT2D eigenvalue weighted by atomic mass is 9.86. The van der Waals surface area contributed by atoms with Gasteiger partial charge in [0.25, 0.3) is 0 Å². The normalized spacial score (nSPS) is 19.1. The van der Waals surface area contributed by atoms with Gasteiger partial charge < -0.3 is 4.90 Å². The van der Waals surface area contributed by atoms with Gasteiger partial charge in [-0.2, -0.15) is 0 Å². The van der Waals surface area contributed by atoms with Gasteiger partial charge in [0.05, 0.1) is 6.04 Å². The van der Waals surface area contributed by atoms with Crippen molar-refractivity contribution in [2.24, 2.45) is 0 Å². The summed E-state index contributed by atoms with van der Waals surface area (Å²) >= 11 is 0. The average molecular weight is 221 g/mol. The van der Waals surface area contributed by atoms with E-state index in [0.29, 0.717) is 0 Å². The Labute approximate surface area is 95.1 Å². The number of halogens is 1. The number of hydrogen-bond acceptors (Lipinski definition) is 1. The fourth-order valence-corrected chi connectivity index (χ4v) is 2.40. The maximum Gasteiger partial charge on any atom is 0.219 e. The van der Waals surface area contributed by atoms with Crippen LogP contribution in [-0.2, 0) is 11.2 Å². The van der Waals surface area contributed by atoms with Crippen molar-refractivity contribution in [3.8, 4) is 0 Å². The van der Waals surface area contributed by atoms with Crippen molar-refractivity contribution in [1.82, 2.24) is 4.90 Å². The van der Waals surface area contributed by atoms with E-state index in [1.165, 1.54) is 6.07 Å². The van der Waals surface area contributed by atoms with Gasteiger partial charge in [-0.1, -0.05) is 12.1 Å². The van der Waals surface area contributed by atoms with Gasteiger partial charge in [-0.3, -0.25) is 4.79 Å². The molecule has 0 unspecified atom stereocenters. The molecule has 0 N–H and O–H groups in total. The molecule has 0 bridgehead atoms. The van der Waals surface area contributed by atoms with Crippen LogP contribution in [0.1, 0.15) is 36.9 Å². The molecular formula is C13H16FNO. The third kappa shape index (κ3) is 1.82. The monoisotopic (exact) mass is 221 g/mol. The van der Waals surface area contributed by atoms with Crippen LogP contribution < -0.4 is 0 Å². The number of hydrogen-bond donors (Lipinski definition) is 0. The van der Waals surface area contributed by atoms with E-state index in [2.05, 4.69) is 0 Å². The molecular weight excluding hydrogens is 205 g/mol. The zero-order valence-electron chi connectivity index (χ0n) is 9.66. The lowest BCUT2D eigenvalue weighted by Gasteiger charge is -2.32. The largest absolute Gasteiger partial charge is 0.339 e. The van der Waals surface area contributed by atoms with E-state index >= 15 is 0 Å². The van der Waals surface area contributed by atoms with Gasteiger partial charge in [0.2, 0.25) is 5.91 Å². The molecule has 0 saturated heterocycles. The smallest absolute Gasteiger partial charge is 0.219 e. The van der Waals surface area contributed by atoms with Crippen LogP contribution in [0.3, 0.4) is 0 Å². The Morgan fingerprint density at radius 1 is 1.50 bits per heavy atom. The predicted octanol–water partition coefficient (Wildman–Crippen LogP) is 2.68. The van der Waals surface area contributed by atoms with Gasteiger partial charge in [0, 0.05) is 14.0 Å². The van der Waals surface area contributed by atoms with E-state index in [-0.39, 0.29) is 17.8 Å². The minimum Gasteiger partial charge on any atom is -0.339 e. The first-order valence-corrected chi connectivity index (χ1v) is 5.62. The molecule has 2 rings (SSSR count). The molecule has 1 aromatic carbocycles. The van der Waals surface area contributed by atoms with Crippen molar-refractivity contribution < 1.29 is 9.18 Å². The van der Waals surface area contributed by atoms with Crippen LogP contribution in [-0.4, -0.2) is 17.9 Å². The van der Waals surface area contributed by atoms with Gasteiger partial charge in [-0.15, -0.1) is 0 Å². The van der Waals surface area contributed by atoms with Crippen molar-refractivity contribution in [2.75, 3.05) is 7.05 Å². The van der Waals surface area contributed by atoms with E-state index in [9.17, 15) is 9.18 Å².